The summed E-state index contributed by atoms with van der Waals surface area (Å²) < 4.78 is 32.6. The fraction of sp³-hybridized carbons (Fsp3) is 0.263. The molecule has 0 aliphatic carbocycles. The van der Waals surface area contributed by atoms with E-state index in [0.717, 1.165) is 5.56 Å². The second-order valence-corrected chi connectivity index (χ2v) is 6.42. The van der Waals surface area contributed by atoms with Gasteiger partial charge in [-0.3, -0.25) is 19.8 Å². The normalized spacial score (nSPS) is 15.8. The zero-order valence-electron chi connectivity index (χ0n) is 15.1. The molecule has 1 saturated heterocycles. The molecular formula is C19H17F2N3O5. The minimum Gasteiger partial charge on any atom is -0.445 e. The summed E-state index contributed by atoms with van der Waals surface area (Å²) in [6.07, 6.45) is 0.152. The van der Waals surface area contributed by atoms with Crippen molar-refractivity contribution in [2.75, 3.05) is 11.9 Å². The lowest BCUT2D eigenvalue weighted by molar-refractivity contribution is -0.387. The monoisotopic (exact) mass is 405 g/mol. The van der Waals surface area contributed by atoms with Gasteiger partial charge in [0.05, 0.1) is 10.6 Å². The maximum atomic E-state index is 13.9. The Kier molecular flexibility index (Phi) is 6.01. The molecule has 10 heteroatoms. The highest BCUT2D eigenvalue weighted by atomic mass is 19.1. The lowest BCUT2D eigenvalue weighted by atomic mass is 10.2. The highest BCUT2D eigenvalue weighted by molar-refractivity contribution is 5.97. The van der Waals surface area contributed by atoms with Crippen molar-refractivity contribution in [1.29, 1.82) is 0 Å². The zero-order chi connectivity index (χ0) is 21.0. The molecule has 1 aliphatic rings. The lowest BCUT2D eigenvalue weighted by Crippen LogP contribution is -2.43. The summed E-state index contributed by atoms with van der Waals surface area (Å²) in [6, 6.07) is 8.99. The number of carbonyl (C=O) groups excluding carboxylic acids is 2. The highest BCUT2D eigenvalue weighted by Crippen LogP contribution is 2.27. The van der Waals surface area contributed by atoms with Crippen LogP contribution in [-0.2, 0) is 16.1 Å². The molecule has 0 aromatic heterocycles. The van der Waals surface area contributed by atoms with E-state index in [0.29, 0.717) is 25.0 Å². The van der Waals surface area contributed by atoms with Crippen molar-refractivity contribution in [3.8, 4) is 0 Å². The predicted molar refractivity (Wildman–Crippen MR) is 98.0 cm³/mol. The SMILES string of the molecule is O=C(Nc1cc([N+](=O)[O-])c(F)cc1F)[C@@H]1CCCN1C(=O)OCc1ccccc1. The number of carbonyl (C=O) groups is 2. The van der Waals surface area contributed by atoms with Crippen molar-refractivity contribution < 1.29 is 28.0 Å². The van der Waals surface area contributed by atoms with Gasteiger partial charge in [0.15, 0.2) is 0 Å². The third-order valence-corrected chi connectivity index (χ3v) is 4.49. The first-order valence-corrected chi connectivity index (χ1v) is 8.78. The largest absolute Gasteiger partial charge is 0.445 e. The molecule has 8 nitrogen and oxygen atoms in total. The molecule has 3 rings (SSSR count). The molecule has 1 heterocycles. The number of anilines is 1. The molecule has 0 saturated carbocycles. The van der Waals surface area contributed by atoms with Crippen LogP contribution in [0.4, 0.5) is 25.0 Å². The van der Waals surface area contributed by atoms with Crippen molar-refractivity contribution in [2.24, 2.45) is 0 Å². The second kappa shape index (κ2) is 8.63. The summed E-state index contributed by atoms with van der Waals surface area (Å²) in [5.74, 6) is -3.24. The van der Waals surface area contributed by atoms with E-state index in [1.807, 2.05) is 6.07 Å². The van der Waals surface area contributed by atoms with Crippen molar-refractivity contribution in [3.63, 3.8) is 0 Å². The van der Waals surface area contributed by atoms with Crippen LogP contribution in [0.5, 0.6) is 0 Å². The van der Waals surface area contributed by atoms with Gasteiger partial charge < -0.3 is 10.1 Å². The van der Waals surface area contributed by atoms with Crippen LogP contribution in [0.25, 0.3) is 0 Å². The first-order valence-electron chi connectivity index (χ1n) is 8.78. The van der Waals surface area contributed by atoms with Gasteiger partial charge in [0, 0.05) is 18.7 Å². The van der Waals surface area contributed by atoms with E-state index in [1.165, 1.54) is 4.90 Å². The third-order valence-electron chi connectivity index (χ3n) is 4.49. The van der Waals surface area contributed by atoms with Crippen LogP contribution >= 0.6 is 0 Å². The summed E-state index contributed by atoms with van der Waals surface area (Å²) >= 11 is 0. The van der Waals surface area contributed by atoms with Crippen molar-refractivity contribution in [3.05, 3.63) is 69.8 Å². The van der Waals surface area contributed by atoms with E-state index in [9.17, 15) is 28.5 Å². The summed E-state index contributed by atoms with van der Waals surface area (Å²) in [7, 11) is 0. The predicted octanol–water partition coefficient (Wildman–Crippen LogP) is 3.61. The van der Waals surface area contributed by atoms with Crippen LogP contribution in [-0.4, -0.2) is 34.4 Å². The maximum Gasteiger partial charge on any atom is 0.410 e. The maximum absolute atomic E-state index is 13.9. The van der Waals surface area contributed by atoms with Crippen LogP contribution in [0, 0.1) is 21.7 Å². The molecule has 1 fully saturated rings. The molecule has 2 aromatic rings. The number of hydrogen-bond donors (Lipinski definition) is 1. The van der Waals surface area contributed by atoms with Gasteiger partial charge in [-0.1, -0.05) is 30.3 Å². The number of halogens is 2. The fourth-order valence-corrected chi connectivity index (χ4v) is 3.05. The van der Waals surface area contributed by atoms with E-state index < -0.39 is 46.0 Å². The summed E-state index contributed by atoms with van der Waals surface area (Å²) in [4.78, 5) is 35.9. The summed E-state index contributed by atoms with van der Waals surface area (Å²) in [6.45, 7) is 0.307. The van der Waals surface area contributed by atoms with E-state index in [4.69, 9.17) is 4.74 Å². The number of amides is 2. The molecule has 0 radical (unpaired) electrons. The number of likely N-dealkylation sites (tertiary alicyclic amines) is 1. The van der Waals surface area contributed by atoms with Gasteiger partial charge in [-0.15, -0.1) is 0 Å². The van der Waals surface area contributed by atoms with E-state index >= 15 is 0 Å². The zero-order valence-corrected chi connectivity index (χ0v) is 15.1. The van der Waals surface area contributed by atoms with Gasteiger partial charge in [0.1, 0.15) is 18.5 Å². The highest BCUT2D eigenvalue weighted by Gasteiger charge is 2.35. The number of nitrogens with zero attached hydrogens (tertiary/aromatic N) is 2. The average Bonchev–Trinajstić information content (AvgIpc) is 3.19. The molecule has 29 heavy (non-hydrogen) atoms. The molecule has 0 spiro atoms. The molecule has 1 N–H and O–H groups in total. The van der Waals surface area contributed by atoms with Gasteiger partial charge in [-0.2, -0.15) is 4.39 Å². The smallest absolute Gasteiger partial charge is 0.410 e. The van der Waals surface area contributed by atoms with Gasteiger partial charge in [0.2, 0.25) is 11.7 Å². The Morgan fingerprint density at radius 1 is 1.21 bits per heavy atom. The topological polar surface area (TPSA) is 102 Å². The molecule has 2 amide bonds. The quantitative estimate of drug-likeness (QED) is 0.605. The van der Waals surface area contributed by atoms with E-state index in [-0.39, 0.29) is 13.2 Å². The standard InChI is InChI=1S/C19H17F2N3O5/c20-13-9-14(21)17(24(27)28)10-15(13)22-18(25)16-7-4-8-23(16)19(26)29-11-12-5-2-1-3-6-12/h1-3,5-6,9-10,16H,4,7-8,11H2,(H,22,25)/t16-/m0/s1. The number of rotatable bonds is 5. The third kappa shape index (κ3) is 4.65. The molecule has 152 valence electrons. The van der Waals surface area contributed by atoms with Crippen molar-refractivity contribution in [1.82, 2.24) is 4.90 Å². The number of nitro benzene ring substituents is 1. The number of nitro groups is 1. The molecular weight excluding hydrogens is 388 g/mol. The molecule has 2 aromatic carbocycles. The van der Waals surface area contributed by atoms with Gasteiger partial charge >= 0.3 is 11.8 Å². The molecule has 1 aliphatic heterocycles. The number of hydrogen-bond acceptors (Lipinski definition) is 5. The van der Waals surface area contributed by atoms with Crippen LogP contribution in [0.15, 0.2) is 42.5 Å². The number of ether oxygens (including phenoxy) is 1. The van der Waals surface area contributed by atoms with Crippen molar-refractivity contribution >= 4 is 23.4 Å². The number of nitrogens with one attached hydrogen (secondary N) is 1. The minimum atomic E-state index is -1.35. The van der Waals surface area contributed by atoms with Crippen molar-refractivity contribution in [2.45, 2.75) is 25.5 Å². The fourth-order valence-electron chi connectivity index (χ4n) is 3.05. The van der Waals surface area contributed by atoms with Crippen LogP contribution in [0.3, 0.4) is 0 Å². The van der Waals surface area contributed by atoms with Gasteiger partial charge in [0.25, 0.3) is 0 Å². The summed E-state index contributed by atoms with van der Waals surface area (Å²) in [5, 5.41) is 13.0. The second-order valence-electron chi connectivity index (χ2n) is 6.42. The minimum absolute atomic E-state index is 0.0310. The summed E-state index contributed by atoms with van der Waals surface area (Å²) in [5.41, 5.74) is -0.721. The molecule has 0 bridgehead atoms. The Bertz CT molecular complexity index is 939. The van der Waals surface area contributed by atoms with Gasteiger partial charge in [-0.05, 0) is 18.4 Å². The Labute approximate surface area is 164 Å². The Morgan fingerprint density at radius 3 is 2.62 bits per heavy atom. The first-order chi connectivity index (χ1) is 13.9. The van der Waals surface area contributed by atoms with Crippen LogP contribution < -0.4 is 5.32 Å². The van der Waals surface area contributed by atoms with Crippen LogP contribution in [0.2, 0.25) is 0 Å². The Hall–Kier alpha value is -3.56. The van der Waals surface area contributed by atoms with Crippen LogP contribution in [0.1, 0.15) is 18.4 Å². The van der Waals surface area contributed by atoms with E-state index in [1.54, 1.807) is 24.3 Å². The lowest BCUT2D eigenvalue weighted by Gasteiger charge is -2.23. The Morgan fingerprint density at radius 2 is 1.93 bits per heavy atom. The van der Waals surface area contributed by atoms with Gasteiger partial charge in [-0.25, -0.2) is 9.18 Å². The molecule has 0 unspecified atom stereocenters. The molecule has 1 atom stereocenters. The Balaban J connectivity index is 1.68. The van der Waals surface area contributed by atoms with E-state index in [2.05, 4.69) is 5.32 Å². The first kappa shape index (κ1) is 20.2. The average molecular weight is 405 g/mol. The number of benzene rings is 2.